The van der Waals surface area contributed by atoms with E-state index in [9.17, 15) is 9.18 Å². The lowest BCUT2D eigenvalue weighted by Gasteiger charge is -2.32. The van der Waals surface area contributed by atoms with Gasteiger partial charge in [0.05, 0.1) is 29.3 Å². The van der Waals surface area contributed by atoms with Crippen LogP contribution in [-0.2, 0) is 0 Å². The van der Waals surface area contributed by atoms with Gasteiger partial charge in [-0.1, -0.05) is 12.8 Å². The van der Waals surface area contributed by atoms with Gasteiger partial charge in [0, 0.05) is 24.5 Å². The number of anilines is 3. The first-order valence-electron chi connectivity index (χ1n) is 10.2. The molecule has 0 aromatic carbocycles. The third-order valence-electron chi connectivity index (χ3n) is 5.46. The van der Waals surface area contributed by atoms with Crippen LogP contribution >= 0.6 is 0 Å². The molecule has 162 valence electrons. The molecule has 1 fully saturated rings. The molecule has 3 aromatic heterocycles. The van der Waals surface area contributed by atoms with Crippen LogP contribution in [0.25, 0.3) is 5.69 Å². The minimum Gasteiger partial charge on any atom is -0.365 e. The van der Waals surface area contributed by atoms with Crippen LogP contribution in [0.4, 0.5) is 21.7 Å². The fourth-order valence-corrected chi connectivity index (χ4v) is 3.88. The molecule has 2 atom stereocenters. The van der Waals surface area contributed by atoms with Crippen molar-refractivity contribution in [3.63, 3.8) is 0 Å². The highest BCUT2D eigenvalue weighted by Crippen LogP contribution is 2.27. The van der Waals surface area contributed by atoms with Gasteiger partial charge in [-0.25, -0.2) is 14.1 Å². The summed E-state index contributed by atoms with van der Waals surface area (Å²) < 4.78 is 16.4. The number of halogens is 1. The number of nitrogens with two attached hydrogens (primary N) is 1. The lowest BCUT2D eigenvalue weighted by molar-refractivity contribution is 0.100. The number of amides is 1. The highest BCUT2D eigenvalue weighted by Gasteiger charge is 2.26. The number of primary amides is 1. The molecule has 5 N–H and O–H groups in total. The lowest BCUT2D eigenvalue weighted by Crippen LogP contribution is -2.45. The smallest absolute Gasteiger partial charge is 0.252 e. The van der Waals surface area contributed by atoms with Gasteiger partial charge in [-0.15, -0.1) is 0 Å². The zero-order chi connectivity index (χ0) is 21.8. The molecule has 3 aromatic rings. The molecule has 1 aliphatic carbocycles. The number of pyridine rings is 2. The first kappa shape index (κ1) is 20.7. The third-order valence-corrected chi connectivity index (χ3v) is 5.46. The van der Waals surface area contributed by atoms with E-state index in [1.165, 1.54) is 0 Å². The number of nitrogens with zero attached hydrogens (tertiary/aromatic N) is 4. The van der Waals surface area contributed by atoms with Crippen molar-refractivity contribution in [2.75, 3.05) is 17.7 Å². The summed E-state index contributed by atoms with van der Waals surface area (Å²) in [6.45, 7) is 0. The van der Waals surface area contributed by atoms with Gasteiger partial charge in [-0.05, 0) is 38.1 Å². The number of carbonyl (C=O) groups excluding carboxylic acids is 1. The number of rotatable bonds is 7. The average Bonchev–Trinajstić information content (AvgIpc) is 3.31. The maximum atomic E-state index is 14.8. The van der Waals surface area contributed by atoms with Crippen LogP contribution in [0.3, 0.4) is 0 Å². The number of carbonyl (C=O) groups is 1. The van der Waals surface area contributed by atoms with E-state index in [1.807, 2.05) is 7.05 Å². The lowest BCUT2D eigenvalue weighted by atomic mass is 9.90. The molecule has 10 heteroatoms. The van der Waals surface area contributed by atoms with Crippen LogP contribution < -0.4 is 21.7 Å². The molecular formula is C21H25FN8O. The van der Waals surface area contributed by atoms with E-state index in [1.54, 1.807) is 41.6 Å². The molecule has 0 spiro atoms. The zero-order valence-electron chi connectivity index (χ0n) is 17.2. The number of hydrogen-bond acceptors (Lipinski definition) is 7. The maximum absolute atomic E-state index is 14.8. The van der Waals surface area contributed by atoms with E-state index < -0.39 is 11.7 Å². The van der Waals surface area contributed by atoms with Gasteiger partial charge >= 0.3 is 0 Å². The Labute approximate surface area is 179 Å². The molecule has 9 nitrogen and oxygen atoms in total. The number of nitrogens with one attached hydrogen (secondary N) is 3. The standard InChI is InChI=1S/C21H25FN8O/c1-24-17-5-2-3-6-18(17)28-21-16(22)10-15(19(23)31)20(29-21)27-13-9-14(12-25-11-13)30-8-4-7-26-30/h4,7-12,17-18,24H,2-3,5-6H2,1H3,(H2,23,31)(H2,27,28,29). The first-order valence-corrected chi connectivity index (χ1v) is 10.2. The van der Waals surface area contributed by atoms with Crippen molar-refractivity contribution in [1.82, 2.24) is 25.1 Å². The van der Waals surface area contributed by atoms with E-state index in [0.717, 1.165) is 37.4 Å². The Balaban J connectivity index is 1.64. The predicted octanol–water partition coefficient (Wildman–Crippen LogP) is 2.59. The van der Waals surface area contributed by atoms with Crippen LogP contribution in [0, 0.1) is 5.82 Å². The Bertz CT molecular complexity index is 1060. The molecule has 1 amide bonds. The third kappa shape index (κ3) is 4.64. The van der Waals surface area contributed by atoms with Crippen LogP contribution in [0.5, 0.6) is 0 Å². The quantitative estimate of drug-likeness (QED) is 0.460. The Morgan fingerprint density at radius 3 is 2.71 bits per heavy atom. The second-order valence-electron chi connectivity index (χ2n) is 7.52. The van der Waals surface area contributed by atoms with E-state index in [0.29, 0.717) is 5.69 Å². The van der Waals surface area contributed by atoms with Crippen LogP contribution in [0.15, 0.2) is 43.0 Å². The number of likely N-dealkylation sites (N-methyl/N-ethyl adjacent to an activating group) is 1. The van der Waals surface area contributed by atoms with Gasteiger partial charge < -0.3 is 21.7 Å². The Kier molecular flexibility index (Phi) is 6.08. The molecule has 1 saturated carbocycles. The van der Waals surface area contributed by atoms with Crippen LogP contribution in [-0.4, -0.2) is 44.8 Å². The second kappa shape index (κ2) is 9.09. The van der Waals surface area contributed by atoms with Crippen molar-refractivity contribution in [3.05, 3.63) is 54.4 Å². The first-order chi connectivity index (χ1) is 15.0. The summed E-state index contributed by atoms with van der Waals surface area (Å²) >= 11 is 0. The number of hydrogen-bond donors (Lipinski definition) is 4. The summed E-state index contributed by atoms with van der Waals surface area (Å²) in [6, 6.07) is 4.97. The van der Waals surface area contributed by atoms with E-state index >= 15 is 0 Å². The zero-order valence-corrected chi connectivity index (χ0v) is 17.2. The maximum Gasteiger partial charge on any atom is 0.252 e. The van der Waals surface area contributed by atoms with Gasteiger partial charge in [0.2, 0.25) is 0 Å². The van der Waals surface area contributed by atoms with Crippen molar-refractivity contribution in [3.8, 4) is 5.69 Å². The summed E-state index contributed by atoms with van der Waals surface area (Å²) in [6.07, 6.45) is 10.8. The van der Waals surface area contributed by atoms with Crippen molar-refractivity contribution in [1.29, 1.82) is 0 Å². The van der Waals surface area contributed by atoms with Gasteiger partial charge in [0.1, 0.15) is 5.82 Å². The van der Waals surface area contributed by atoms with Gasteiger partial charge in [0.15, 0.2) is 11.6 Å². The second-order valence-corrected chi connectivity index (χ2v) is 7.52. The molecule has 1 aliphatic rings. The average molecular weight is 424 g/mol. The molecular weight excluding hydrogens is 399 g/mol. The van der Waals surface area contributed by atoms with Gasteiger partial charge in [-0.3, -0.25) is 9.78 Å². The summed E-state index contributed by atoms with van der Waals surface area (Å²) in [5.41, 5.74) is 6.72. The topological polar surface area (TPSA) is 123 Å². The fraction of sp³-hybridized carbons (Fsp3) is 0.333. The minimum absolute atomic E-state index is 0.0397. The van der Waals surface area contributed by atoms with Crippen molar-refractivity contribution in [2.45, 2.75) is 37.8 Å². The summed E-state index contributed by atoms with van der Waals surface area (Å²) in [4.78, 5) is 20.5. The molecule has 0 radical (unpaired) electrons. The molecule has 4 rings (SSSR count). The SMILES string of the molecule is CNC1CCCCC1Nc1nc(Nc2cncc(-n3cccn3)c2)c(C(N)=O)cc1F. The van der Waals surface area contributed by atoms with E-state index in [2.05, 4.69) is 31.0 Å². The summed E-state index contributed by atoms with van der Waals surface area (Å²) in [5, 5.41) is 13.7. The monoisotopic (exact) mass is 424 g/mol. The molecule has 0 saturated heterocycles. The Morgan fingerprint density at radius 1 is 1.19 bits per heavy atom. The fourth-order valence-electron chi connectivity index (χ4n) is 3.88. The molecule has 3 heterocycles. The highest BCUT2D eigenvalue weighted by atomic mass is 19.1. The Morgan fingerprint density at radius 2 is 2.00 bits per heavy atom. The highest BCUT2D eigenvalue weighted by molar-refractivity contribution is 5.98. The minimum atomic E-state index is -0.776. The van der Waals surface area contributed by atoms with Crippen LogP contribution in [0.1, 0.15) is 36.0 Å². The predicted molar refractivity (Wildman–Crippen MR) is 116 cm³/mol. The Hall–Kier alpha value is -3.53. The van der Waals surface area contributed by atoms with Gasteiger partial charge in [0.25, 0.3) is 5.91 Å². The summed E-state index contributed by atoms with van der Waals surface area (Å²) in [5.74, 6) is -1.16. The van der Waals surface area contributed by atoms with Crippen molar-refractivity contribution in [2.24, 2.45) is 5.73 Å². The van der Waals surface area contributed by atoms with Crippen molar-refractivity contribution < 1.29 is 9.18 Å². The molecule has 0 aliphatic heterocycles. The summed E-state index contributed by atoms with van der Waals surface area (Å²) in [7, 11) is 1.90. The van der Waals surface area contributed by atoms with E-state index in [4.69, 9.17) is 5.73 Å². The van der Waals surface area contributed by atoms with Crippen molar-refractivity contribution >= 4 is 23.2 Å². The van der Waals surface area contributed by atoms with Gasteiger partial charge in [-0.2, -0.15) is 5.10 Å². The molecule has 2 unspecified atom stereocenters. The normalized spacial score (nSPS) is 18.5. The number of aromatic nitrogens is 4. The largest absolute Gasteiger partial charge is 0.365 e. The van der Waals surface area contributed by atoms with E-state index in [-0.39, 0.29) is 29.3 Å². The molecule has 0 bridgehead atoms. The molecule has 31 heavy (non-hydrogen) atoms. The van der Waals surface area contributed by atoms with Crippen LogP contribution in [0.2, 0.25) is 0 Å².